The molecule has 1 fully saturated rings. The van der Waals surface area contributed by atoms with Crippen molar-refractivity contribution in [3.8, 4) is 0 Å². The number of nitrogens with zero attached hydrogens (tertiary/aromatic N) is 4. The van der Waals surface area contributed by atoms with Gasteiger partial charge in [0, 0.05) is 41.5 Å². The number of carbonyl (C=O) groups is 1. The summed E-state index contributed by atoms with van der Waals surface area (Å²) in [6.45, 7) is 6.90. The molecule has 1 atom stereocenters. The topological polar surface area (TPSA) is 107 Å². The molecule has 3 heterocycles. The molecule has 39 heavy (non-hydrogen) atoms. The van der Waals surface area contributed by atoms with E-state index in [1.54, 1.807) is 57.2 Å². The van der Waals surface area contributed by atoms with Crippen molar-refractivity contribution in [2.45, 2.75) is 45.8 Å². The summed E-state index contributed by atoms with van der Waals surface area (Å²) < 4.78 is 7.34. The van der Waals surface area contributed by atoms with Crippen LogP contribution in [0.1, 0.15) is 50.8 Å². The zero-order valence-electron chi connectivity index (χ0n) is 21.7. The summed E-state index contributed by atoms with van der Waals surface area (Å²) in [6, 6.07) is 10.9. The van der Waals surface area contributed by atoms with Crippen LogP contribution in [0.2, 0.25) is 5.02 Å². The number of carbonyl (C=O) groups excluding carboxylic acids is 1. The van der Waals surface area contributed by atoms with Gasteiger partial charge in [-0.1, -0.05) is 41.1 Å². The normalized spacial score (nSPS) is 17.4. The first-order valence-corrected chi connectivity index (χ1v) is 13.9. The Morgan fingerprint density at radius 2 is 1.95 bits per heavy atom. The minimum Gasteiger partial charge on any atom is -0.459 e. The molecule has 0 bridgehead atoms. The molecule has 0 N–H and O–H groups in total. The lowest BCUT2D eigenvalue weighted by atomic mass is 9.96. The highest BCUT2D eigenvalue weighted by Gasteiger charge is 2.35. The van der Waals surface area contributed by atoms with Gasteiger partial charge in [0.15, 0.2) is 4.80 Å². The summed E-state index contributed by atoms with van der Waals surface area (Å²) in [5.74, 6) is -0.569. The number of non-ortho nitro benzene ring substituents is 1. The molecule has 1 saturated heterocycles. The van der Waals surface area contributed by atoms with Crippen LogP contribution in [0.4, 0.5) is 11.4 Å². The number of aromatic nitrogens is 1. The maximum atomic E-state index is 14.0. The molecule has 0 spiro atoms. The van der Waals surface area contributed by atoms with Crippen molar-refractivity contribution in [1.82, 2.24) is 4.57 Å². The van der Waals surface area contributed by atoms with Crippen LogP contribution in [0.15, 0.2) is 63.5 Å². The minimum absolute atomic E-state index is 0.0551. The number of hydrogen-bond donors (Lipinski definition) is 0. The number of thiazole rings is 1. The Labute approximate surface area is 233 Å². The van der Waals surface area contributed by atoms with E-state index in [1.165, 1.54) is 28.0 Å². The van der Waals surface area contributed by atoms with Gasteiger partial charge in [-0.15, -0.1) is 0 Å². The molecule has 2 aliphatic rings. The number of fused-ring (bicyclic) bond motifs is 1. The van der Waals surface area contributed by atoms with Crippen LogP contribution in [0.5, 0.6) is 0 Å². The standard InChI is InChI=1S/C28H27ClN4O5S/c1-16(2)38-27(35)24-17(3)30-28-32(25(24)20-8-4-5-9-21(20)29)26(34)23(39-28)15-18-14-19(33(36)37)10-11-22(18)31-12-6-7-13-31/h4-5,8-11,14-16,25H,6-7,12-13H2,1-3H3. The largest absolute Gasteiger partial charge is 0.459 e. The van der Waals surface area contributed by atoms with Gasteiger partial charge in [0.2, 0.25) is 0 Å². The molecule has 3 aromatic rings. The van der Waals surface area contributed by atoms with Crippen LogP contribution in [-0.2, 0) is 9.53 Å². The number of rotatable bonds is 6. The van der Waals surface area contributed by atoms with Gasteiger partial charge in [0.25, 0.3) is 11.2 Å². The van der Waals surface area contributed by atoms with Gasteiger partial charge in [-0.3, -0.25) is 19.5 Å². The van der Waals surface area contributed by atoms with Gasteiger partial charge in [-0.25, -0.2) is 9.79 Å². The molecule has 1 aromatic heterocycles. The Balaban J connectivity index is 1.73. The molecule has 9 nitrogen and oxygen atoms in total. The summed E-state index contributed by atoms with van der Waals surface area (Å²) in [6.07, 6.45) is 3.38. The first kappa shape index (κ1) is 26.8. The average molecular weight is 567 g/mol. The second kappa shape index (κ2) is 10.8. The summed E-state index contributed by atoms with van der Waals surface area (Å²) in [4.78, 5) is 45.5. The molecule has 5 rings (SSSR count). The number of hydrogen-bond acceptors (Lipinski definition) is 8. The molecule has 11 heteroatoms. The Hall–Kier alpha value is -3.76. The Morgan fingerprint density at radius 3 is 2.62 bits per heavy atom. The van der Waals surface area contributed by atoms with Crippen LogP contribution < -0.4 is 19.8 Å². The van der Waals surface area contributed by atoms with E-state index in [2.05, 4.69) is 9.89 Å². The number of nitro groups is 1. The first-order chi connectivity index (χ1) is 18.7. The van der Waals surface area contributed by atoms with Crippen LogP contribution in [0, 0.1) is 10.1 Å². The highest BCUT2D eigenvalue weighted by atomic mass is 35.5. The van der Waals surface area contributed by atoms with E-state index in [0.717, 1.165) is 31.6 Å². The van der Waals surface area contributed by atoms with E-state index in [0.29, 0.717) is 31.2 Å². The number of ether oxygens (including phenoxy) is 1. The van der Waals surface area contributed by atoms with E-state index in [9.17, 15) is 19.7 Å². The minimum atomic E-state index is -0.841. The van der Waals surface area contributed by atoms with Crippen molar-refractivity contribution in [2.24, 2.45) is 4.99 Å². The lowest BCUT2D eigenvalue weighted by Gasteiger charge is -2.26. The average Bonchev–Trinajstić information content (AvgIpc) is 3.52. The van der Waals surface area contributed by atoms with E-state index < -0.39 is 16.9 Å². The quantitative estimate of drug-likeness (QED) is 0.249. The molecule has 0 aliphatic carbocycles. The summed E-state index contributed by atoms with van der Waals surface area (Å²) in [5.41, 5.74) is 2.25. The van der Waals surface area contributed by atoms with E-state index in [-0.39, 0.29) is 22.9 Å². The number of anilines is 1. The van der Waals surface area contributed by atoms with E-state index in [1.807, 2.05) is 0 Å². The highest BCUT2D eigenvalue weighted by molar-refractivity contribution is 7.07. The fourth-order valence-electron chi connectivity index (χ4n) is 5.01. The summed E-state index contributed by atoms with van der Waals surface area (Å²) in [7, 11) is 0. The van der Waals surface area contributed by atoms with E-state index >= 15 is 0 Å². The third-order valence-corrected chi connectivity index (χ3v) is 8.07. The number of nitro benzene ring substituents is 1. The lowest BCUT2D eigenvalue weighted by molar-refractivity contribution is -0.384. The number of halogens is 1. The number of esters is 1. The Morgan fingerprint density at radius 1 is 1.23 bits per heavy atom. The molecule has 0 amide bonds. The molecular weight excluding hydrogens is 540 g/mol. The number of benzene rings is 2. The summed E-state index contributed by atoms with van der Waals surface area (Å²) >= 11 is 7.75. The second-order valence-electron chi connectivity index (χ2n) is 9.75. The molecular formula is C28H27ClN4O5S. The van der Waals surface area contributed by atoms with Gasteiger partial charge in [-0.2, -0.15) is 0 Å². The maximum Gasteiger partial charge on any atom is 0.338 e. The first-order valence-electron chi connectivity index (χ1n) is 12.7. The van der Waals surface area contributed by atoms with Crippen molar-refractivity contribution >= 4 is 46.4 Å². The predicted molar refractivity (Wildman–Crippen MR) is 151 cm³/mol. The van der Waals surface area contributed by atoms with Crippen LogP contribution in [0.3, 0.4) is 0 Å². The lowest BCUT2D eigenvalue weighted by Crippen LogP contribution is -2.40. The highest BCUT2D eigenvalue weighted by Crippen LogP contribution is 2.35. The van der Waals surface area contributed by atoms with Crippen molar-refractivity contribution in [1.29, 1.82) is 0 Å². The van der Waals surface area contributed by atoms with Crippen molar-refractivity contribution < 1.29 is 14.5 Å². The number of allylic oxidation sites excluding steroid dienone is 1. The maximum absolute atomic E-state index is 14.0. The molecule has 2 aliphatic heterocycles. The van der Waals surface area contributed by atoms with Crippen LogP contribution >= 0.6 is 22.9 Å². The van der Waals surface area contributed by atoms with Crippen molar-refractivity contribution in [3.63, 3.8) is 0 Å². The third kappa shape index (κ3) is 5.14. The van der Waals surface area contributed by atoms with Crippen molar-refractivity contribution in [2.75, 3.05) is 18.0 Å². The van der Waals surface area contributed by atoms with Gasteiger partial charge < -0.3 is 9.64 Å². The fourth-order valence-corrected chi connectivity index (χ4v) is 6.29. The fraction of sp³-hybridized carbons (Fsp3) is 0.321. The van der Waals surface area contributed by atoms with E-state index in [4.69, 9.17) is 16.3 Å². The Kier molecular flexibility index (Phi) is 7.42. The Bertz CT molecular complexity index is 1680. The molecule has 202 valence electrons. The molecule has 0 saturated carbocycles. The smallest absolute Gasteiger partial charge is 0.338 e. The second-order valence-corrected chi connectivity index (χ2v) is 11.2. The zero-order chi connectivity index (χ0) is 27.8. The van der Waals surface area contributed by atoms with Crippen molar-refractivity contribution in [3.05, 3.63) is 99.7 Å². The van der Waals surface area contributed by atoms with Gasteiger partial charge in [0.05, 0.1) is 26.8 Å². The van der Waals surface area contributed by atoms with Gasteiger partial charge in [0.1, 0.15) is 6.04 Å². The van der Waals surface area contributed by atoms with Crippen LogP contribution in [-0.4, -0.2) is 34.7 Å². The predicted octanol–water partition coefficient (Wildman–Crippen LogP) is 4.35. The van der Waals surface area contributed by atoms with Crippen LogP contribution in [0.25, 0.3) is 6.08 Å². The third-order valence-electron chi connectivity index (χ3n) is 6.74. The SMILES string of the molecule is CC1=C(C(=O)OC(C)C)C(c2ccccc2Cl)n2c(sc(=Cc3cc([N+](=O)[O-])ccc3N3CCCC3)c2=O)=N1. The van der Waals surface area contributed by atoms with Gasteiger partial charge >= 0.3 is 5.97 Å². The molecule has 2 aromatic carbocycles. The monoisotopic (exact) mass is 566 g/mol. The molecule has 0 radical (unpaired) electrons. The zero-order valence-corrected chi connectivity index (χ0v) is 23.3. The summed E-state index contributed by atoms with van der Waals surface area (Å²) in [5, 5.41) is 11.9. The molecule has 1 unspecified atom stereocenters. The van der Waals surface area contributed by atoms with Gasteiger partial charge in [-0.05, 0) is 57.4 Å².